The molecule has 2 fully saturated rings. The topological polar surface area (TPSA) is 87.0 Å². The van der Waals surface area contributed by atoms with Gasteiger partial charge in [-0.1, -0.05) is 6.92 Å². The van der Waals surface area contributed by atoms with Crippen LogP contribution in [0.25, 0.3) is 4.83 Å². The maximum atomic E-state index is 12.7. The molecular weight excluding hydrogens is 390 g/mol. The molecule has 0 aliphatic carbocycles. The predicted octanol–water partition coefficient (Wildman–Crippen LogP) is 2.44. The van der Waals surface area contributed by atoms with E-state index in [1.54, 1.807) is 11.3 Å². The van der Waals surface area contributed by atoms with Crippen LogP contribution in [-0.4, -0.2) is 62.7 Å². The number of hydrogen-bond acceptors (Lipinski definition) is 5. The number of carbonyl (C=O) groups excluding carboxylic acids is 3. The van der Waals surface area contributed by atoms with E-state index in [1.165, 1.54) is 15.4 Å². The summed E-state index contributed by atoms with van der Waals surface area (Å²) in [6.07, 6.45) is 2.47. The highest BCUT2D eigenvalue weighted by Gasteiger charge is 2.39. The number of thiazole rings is 1. The summed E-state index contributed by atoms with van der Waals surface area (Å²) < 4.78 is 2.20. The zero-order chi connectivity index (χ0) is 20.7. The summed E-state index contributed by atoms with van der Waals surface area (Å²) in [5, 5.41) is 4.80. The van der Waals surface area contributed by atoms with Gasteiger partial charge in [-0.05, 0) is 33.1 Å². The van der Waals surface area contributed by atoms with E-state index >= 15 is 0 Å². The number of rotatable bonds is 5. The van der Waals surface area contributed by atoms with E-state index in [9.17, 15) is 14.4 Å². The van der Waals surface area contributed by atoms with E-state index < -0.39 is 12.1 Å². The van der Waals surface area contributed by atoms with Crippen molar-refractivity contribution in [3.63, 3.8) is 0 Å². The first-order chi connectivity index (χ1) is 13.9. The number of imide groups is 1. The van der Waals surface area contributed by atoms with Crippen molar-refractivity contribution >= 4 is 34.0 Å². The first-order valence-electron chi connectivity index (χ1n) is 10.2. The second kappa shape index (κ2) is 7.78. The van der Waals surface area contributed by atoms with Gasteiger partial charge in [0.05, 0.1) is 12.1 Å². The van der Waals surface area contributed by atoms with Gasteiger partial charge in [-0.2, -0.15) is 0 Å². The van der Waals surface area contributed by atoms with E-state index in [0.29, 0.717) is 32.0 Å². The normalized spacial score (nSPS) is 20.7. The van der Waals surface area contributed by atoms with Crippen LogP contribution in [0, 0.1) is 13.8 Å². The molecule has 2 aromatic rings. The van der Waals surface area contributed by atoms with Crippen LogP contribution in [0.5, 0.6) is 0 Å². The van der Waals surface area contributed by atoms with Gasteiger partial charge in [0.25, 0.3) is 5.91 Å². The summed E-state index contributed by atoms with van der Waals surface area (Å²) in [6, 6.07) is -1.12. The number of hydrogen-bond donors (Lipinski definition) is 1. The van der Waals surface area contributed by atoms with Gasteiger partial charge in [-0.15, -0.1) is 11.3 Å². The van der Waals surface area contributed by atoms with Crippen molar-refractivity contribution in [2.75, 3.05) is 19.6 Å². The zero-order valence-corrected chi connectivity index (χ0v) is 17.9. The molecule has 0 aromatic carbocycles. The Bertz CT molecular complexity index is 957. The van der Waals surface area contributed by atoms with Crippen LogP contribution in [0.15, 0.2) is 5.38 Å². The Hall–Kier alpha value is -2.42. The van der Waals surface area contributed by atoms with Gasteiger partial charge in [-0.3, -0.25) is 18.9 Å². The minimum absolute atomic E-state index is 0.0351. The largest absolute Gasteiger partial charge is 0.343 e. The Morgan fingerprint density at radius 1 is 1.28 bits per heavy atom. The van der Waals surface area contributed by atoms with Gasteiger partial charge in [0, 0.05) is 36.6 Å². The van der Waals surface area contributed by atoms with E-state index in [1.807, 2.05) is 18.7 Å². The van der Waals surface area contributed by atoms with Crippen LogP contribution in [0.2, 0.25) is 0 Å². The maximum absolute atomic E-state index is 12.7. The number of carbonyl (C=O) groups is 3. The summed E-state index contributed by atoms with van der Waals surface area (Å²) in [5.74, 6) is 0.996. The molecular formula is C20H27N5O3S. The first kappa shape index (κ1) is 19.9. The first-order valence-corrected chi connectivity index (χ1v) is 11.1. The summed E-state index contributed by atoms with van der Waals surface area (Å²) in [4.78, 5) is 46.0. The molecule has 156 valence electrons. The summed E-state index contributed by atoms with van der Waals surface area (Å²) >= 11 is 1.73. The molecule has 8 nitrogen and oxygen atoms in total. The number of aromatic nitrogens is 2. The average molecular weight is 418 g/mol. The van der Waals surface area contributed by atoms with Crippen molar-refractivity contribution in [1.82, 2.24) is 24.5 Å². The highest BCUT2D eigenvalue weighted by Crippen LogP contribution is 2.34. The molecule has 4 rings (SSSR count). The average Bonchev–Trinajstić information content (AvgIpc) is 3.33. The van der Waals surface area contributed by atoms with Gasteiger partial charge in [0.15, 0.2) is 0 Å². The van der Waals surface area contributed by atoms with Crippen molar-refractivity contribution in [3.8, 4) is 0 Å². The second-order valence-corrected chi connectivity index (χ2v) is 8.77. The molecule has 2 aliphatic rings. The lowest BCUT2D eigenvalue weighted by atomic mass is 9.93. The zero-order valence-electron chi connectivity index (χ0n) is 17.1. The fraction of sp³-hybridized carbons (Fsp3) is 0.600. The van der Waals surface area contributed by atoms with Crippen LogP contribution >= 0.6 is 11.3 Å². The number of fused-ring (bicyclic) bond motifs is 1. The smallest absolute Gasteiger partial charge is 0.324 e. The molecule has 0 spiro atoms. The van der Waals surface area contributed by atoms with Crippen molar-refractivity contribution in [2.45, 2.75) is 58.4 Å². The number of nitrogens with zero attached hydrogens (tertiary/aromatic N) is 4. The highest BCUT2D eigenvalue weighted by molar-refractivity contribution is 7.15. The van der Waals surface area contributed by atoms with Crippen LogP contribution in [-0.2, 0) is 9.59 Å². The Balaban J connectivity index is 1.36. The standard InChI is InChI=1S/C20H27N5O3S/c1-4-7-24-18(27)15(22-20(24)28)10-16(26)23-8-5-14(6-9-23)17-19-25(13(3)21-17)12(2)11-29-19/h11,14-15H,4-10H2,1-3H3,(H,22,28). The number of imidazole rings is 1. The van der Waals surface area contributed by atoms with Gasteiger partial charge >= 0.3 is 6.03 Å². The molecule has 4 heterocycles. The Labute approximate surface area is 173 Å². The second-order valence-electron chi connectivity index (χ2n) is 7.91. The molecule has 4 amide bonds. The van der Waals surface area contributed by atoms with Crippen LogP contribution in [0.1, 0.15) is 55.7 Å². The Morgan fingerprint density at radius 2 is 2.00 bits per heavy atom. The summed E-state index contributed by atoms with van der Waals surface area (Å²) in [7, 11) is 0. The third-order valence-electron chi connectivity index (χ3n) is 5.89. The Kier molecular flexibility index (Phi) is 5.33. The molecule has 1 unspecified atom stereocenters. The fourth-order valence-corrected chi connectivity index (χ4v) is 5.48. The fourth-order valence-electron chi connectivity index (χ4n) is 4.38. The van der Waals surface area contributed by atoms with Gasteiger partial charge < -0.3 is 10.2 Å². The van der Waals surface area contributed by atoms with Gasteiger partial charge in [-0.25, -0.2) is 9.78 Å². The molecule has 29 heavy (non-hydrogen) atoms. The molecule has 0 radical (unpaired) electrons. The number of piperidine rings is 1. The monoisotopic (exact) mass is 417 g/mol. The molecule has 2 saturated heterocycles. The molecule has 1 atom stereocenters. The van der Waals surface area contributed by atoms with E-state index in [4.69, 9.17) is 4.98 Å². The number of aryl methyl sites for hydroxylation is 2. The predicted molar refractivity (Wildman–Crippen MR) is 110 cm³/mol. The molecule has 1 N–H and O–H groups in total. The molecule has 2 aliphatic heterocycles. The van der Waals surface area contributed by atoms with Crippen LogP contribution in [0.4, 0.5) is 4.79 Å². The summed E-state index contributed by atoms with van der Waals surface area (Å²) in [6.45, 7) is 7.73. The van der Waals surface area contributed by atoms with E-state index in [-0.39, 0.29) is 18.2 Å². The van der Waals surface area contributed by atoms with Crippen molar-refractivity contribution in [1.29, 1.82) is 0 Å². The highest BCUT2D eigenvalue weighted by atomic mass is 32.1. The van der Waals surface area contributed by atoms with Crippen LogP contribution in [0.3, 0.4) is 0 Å². The van der Waals surface area contributed by atoms with E-state index in [0.717, 1.165) is 24.4 Å². The lowest BCUT2D eigenvalue weighted by Gasteiger charge is -2.31. The molecule has 0 saturated carbocycles. The molecule has 0 bridgehead atoms. The quantitative estimate of drug-likeness (QED) is 0.757. The molecule has 2 aromatic heterocycles. The maximum Gasteiger partial charge on any atom is 0.324 e. The van der Waals surface area contributed by atoms with Crippen molar-refractivity contribution < 1.29 is 14.4 Å². The van der Waals surface area contributed by atoms with Gasteiger partial charge in [0.1, 0.15) is 16.7 Å². The molecule has 9 heteroatoms. The van der Waals surface area contributed by atoms with Crippen molar-refractivity contribution in [2.24, 2.45) is 0 Å². The third-order valence-corrected chi connectivity index (χ3v) is 6.96. The minimum atomic E-state index is -0.733. The van der Waals surface area contributed by atoms with Crippen molar-refractivity contribution in [3.05, 3.63) is 22.6 Å². The number of likely N-dealkylation sites (tertiary alicyclic amines) is 1. The third kappa shape index (κ3) is 3.52. The number of amides is 4. The van der Waals surface area contributed by atoms with E-state index in [2.05, 4.69) is 22.0 Å². The minimum Gasteiger partial charge on any atom is -0.343 e. The Morgan fingerprint density at radius 3 is 2.69 bits per heavy atom. The summed E-state index contributed by atoms with van der Waals surface area (Å²) in [5.41, 5.74) is 2.34. The lowest BCUT2D eigenvalue weighted by Crippen LogP contribution is -2.42. The van der Waals surface area contributed by atoms with Crippen LogP contribution < -0.4 is 5.32 Å². The van der Waals surface area contributed by atoms with Gasteiger partial charge in [0.2, 0.25) is 5.91 Å². The SMILES string of the molecule is CCCN1C(=O)NC(CC(=O)N2CCC(c3nc(C)n4c(C)csc34)CC2)C1=O. The number of urea groups is 1. The number of nitrogens with one attached hydrogen (secondary N) is 1. The lowest BCUT2D eigenvalue weighted by molar-refractivity contribution is -0.136.